The van der Waals surface area contributed by atoms with Crippen molar-refractivity contribution in [2.45, 2.75) is 44.4 Å². The minimum atomic E-state index is 0.00338. The van der Waals surface area contributed by atoms with Gasteiger partial charge < -0.3 is 9.26 Å². The van der Waals surface area contributed by atoms with Crippen LogP contribution in [0.25, 0.3) is 0 Å². The molecule has 118 valence electrons. The Morgan fingerprint density at radius 2 is 2.23 bits per heavy atom. The molecule has 7 heteroatoms. The van der Waals surface area contributed by atoms with E-state index in [1.165, 1.54) is 18.5 Å². The van der Waals surface area contributed by atoms with Crippen LogP contribution in [0.3, 0.4) is 0 Å². The van der Waals surface area contributed by atoms with Gasteiger partial charge in [0.05, 0.1) is 18.4 Å². The summed E-state index contributed by atoms with van der Waals surface area (Å²) in [5, 5.41) is 8.39. The van der Waals surface area contributed by atoms with Crippen molar-refractivity contribution < 1.29 is 9.26 Å². The van der Waals surface area contributed by atoms with E-state index in [9.17, 15) is 0 Å². The average molecular weight is 303 g/mol. The van der Waals surface area contributed by atoms with Gasteiger partial charge in [-0.15, -0.1) is 0 Å². The molecule has 1 aliphatic carbocycles. The maximum absolute atomic E-state index is 5.82. The lowest BCUT2D eigenvalue weighted by atomic mass is 10.1. The summed E-state index contributed by atoms with van der Waals surface area (Å²) in [5.41, 5.74) is 1.17. The predicted octanol–water partition coefficient (Wildman–Crippen LogP) is 1.64. The van der Waals surface area contributed by atoms with Crippen LogP contribution >= 0.6 is 0 Å². The van der Waals surface area contributed by atoms with Gasteiger partial charge in [0.25, 0.3) is 0 Å². The third-order valence-electron chi connectivity index (χ3n) is 4.54. The molecule has 2 atom stereocenters. The van der Waals surface area contributed by atoms with E-state index in [1.54, 1.807) is 0 Å². The second-order valence-electron chi connectivity index (χ2n) is 6.20. The molecule has 0 unspecified atom stereocenters. The largest absolute Gasteiger partial charge is 0.375 e. The van der Waals surface area contributed by atoms with Crippen LogP contribution in [0.4, 0.5) is 0 Å². The van der Waals surface area contributed by atoms with E-state index < -0.39 is 0 Å². The van der Waals surface area contributed by atoms with Crippen LogP contribution in [0.15, 0.2) is 16.8 Å². The first-order valence-corrected chi connectivity index (χ1v) is 7.88. The van der Waals surface area contributed by atoms with Crippen LogP contribution in [-0.4, -0.2) is 44.1 Å². The lowest BCUT2D eigenvalue weighted by Gasteiger charge is -2.37. The first-order chi connectivity index (χ1) is 10.7. The number of hydrogen-bond donors (Lipinski definition) is 0. The fraction of sp³-hybridized carbons (Fsp3) is 0.667. The molecular weight excluding hydrogens is 282 g/mol. The summed E-state index contributed by atoms with van der Waals surface area (Å²) < 4.78 is 13.3. The lowest BCUT2D eigenvalue weighted by molar-refractivity contribution is -0.0770. The van der Waals surface area contributed by atoms with E-state index in [-0.39, 0.29) is 12.1 Å². The SMILES string of the molecule is C[C@H]1OCCN(Cc2ccnn2C)[C@@H]1c1nc(C2CC2)no1. The molecule has 0 N–H and O–H groups in total. The third kappa shape index (κ3) is 2.55. The molecule has 1 aliphatic heterocycles. The van der Waals surface area contributed by atoms with Crippen molar-refractivity contribution in [3.8, 4) is 0 Å². The molecule has 22 heavy (non-hydrogen) atoms. The molecule has 2 aromatic rings. The zero-order chi connectivity index (χ0) is 15.1. The summed E-state index contributed by atoms with van der Waals surface area (Å²) in [6, 6.07) is 2.05. The molecule has 1 saturated carbocycles. The Balaban J connectivity index is 1.58. The van der Waals surface area contributed by atoms with Crippen LogP contribution in [0, 0.1) is 0 Å². The Morgan fingerprint density at radius 1 is 1.36 bits per heavy atom. The smallest absolute Gasteiger partial charge is 0.246 e. The molecule has 0 aromatic carbocycles. The van der Waals surface area contributed by atoms with Gasteiger partial charge in [-0.05, 0) is 25.8 Å². The van der Waals surface area contributed by atoms with Gasteiger partial charge in [-0.25, -0.2) is 0 Å². The minimum absolute atomic E-state index is 0.00338. The van der Waals surface area contributed by atoms with Crippen molar-refractivity contribution in [2.24, 2.45) is 7.05 Å². The average Bonchev–Trinajstić information content (AvgIpc) is 3.11. The summed E-state index contributed by atoms with van der Waals surface area (Å²) in [6.45, 7) is 4.44. The van der Waals surface area contributed by atoms with E-state index in [0.29, 0.717) is 11.8 Å². The molecule has 0 radical (unpaired) electrons. The summed E-state index contributed by atoms with van der Waals surface area (Å²) >= 11 is 0. The Bertz CT molecular complexity index is 648. The number of nitrogens with zero attached hydrogens (tertiary/aromatic N) is 5. The minimum Gasteiger partial charge on any atom is -0.375 e. The number of rotatable bonds is 4. The highest BCUT2D eigenvalue weighted by atomic mass is 16.5. The molecule has 0 spiro atoms. The first kappa shape index (κ1) is 13.9. The third-order valence-corrected chi connectivity index (χ3v) is 4.54. The summed E-state index contributed by atoms with van der Waals surface area (Å²) in [4.78, 5) is 6.97. The van der Waals surface area contributed by atoms with E-state index in [1.807, 2.05) is 24.0 Å². The van der Waals surface area contributed by atoms with Crippen LogP contribution < -0.4 is 0 Å². The Morgan fingerprint density at radius 3 is 2.95 bits per heavy atom. The van der Waals surface area contributed by atoms with Crippen LogP contribution in [-0.2, 0) is 18.3 Å². The van der Waals surface area contributed by atoms with Gasteiger partial charge in [-0.2, -0.15) is 10.1 Å². The zero-order valence-electron chi connectivity index (χ0n) is 13.0. The highest BCUT2D eigenvalue weighted by Gasteiger charge is 2.37. The topological polar surface area (TPSA) is 69.2 Å². The molecular formula is C15H21N5O2. The number of morpholine rings is 1. The molecule has 2 aliphatic rings. The van der Waals surface area contributed by atoms with Crippen LogP contribution in [0.1, 0.15) is 49.1 Å². The number of hydrogen-bond acceptors (Lipinski definition) is 6. The van der Waals surface area contributed by atoms with Gasteiger partial charge >= 0.3 is 0 Å². The van der Waals surface area contributed by atoms with Crippen LogP contribution in [0.5, 0.6) is 0 Å². The fourth-order valence-electron chi connectivity index (χ4n) is 3.06. The van der Waals surface area contributed by atoms with Gasteiger partial charge in [0.2, 0.25) is 5.89 Å². The molecule has 7 nitrogen and oxygen atoms in total. The van der Waals surface area contributed by atoms with E-state index >= 15 is 0 Å². The first-order valence-electron chi connectivity index (χ1n) is 7.88. The van der Waals surface area contributed by atoms with Gasteiger partial charge in [-0.1, -0.05) is 5.16 Å². The zero-order valence-corrected chi connectivity index (χ0v) is 13.0. The number of aromatic nitrogens is 4. The summed E-state index contributed by atoms with van der Waals surface area (Å²) in [5.74, 6) is 2.03. The molecule has 0 amide bonds. The number of ether oxygens (including phenoxy) is 1. The van der Waals surface area contributed by atoms with Crippen LogP contribution in [0.2, 0.25) is 0 Å². The van der Waals surface area contributed by atoms with E-state index in [4.69, 9.17) is 9.26 Å². The Hall–Kier alpha value is -1.73. The van der Waals surface area contributed by atoms with Crippen molar-refractivity contribution in [2.75, 3.05) is 13.2 Å². The van der Waals surface area contributed by atoms with Gasteiger partial charge in [-0.3, -0.25) is 9.58 Å². The monoisotopic (exact) mass is 303 g/mol. The van der Waals surface area contributed by atoms with E-state index in [2.05, 4.69) is 27.1 Å². The molecule has 3 heterocycles. The van der Waals surface area contributed by atoms with E-state index in [0.717, 1.165) is 25.5 Å². The van der Waals surface area contributed by atoms with Gasteiger partial charge in [0.15, 0.2) is 5.82 Å². The normalized spacial score (nSPS) is 26.5. The van der Waals surface area contributed by atoms with Crippen molar-refractivity contribution in [1.82, 2.24) is 24.8 Å². The lowest BCUT2D eigenvalue weighted by Crippen LogP contribution is -2.44. The molecule has 0 bridgehead atoms. The number of aryl methyl sites for hydroxylation is 1. The Labute approximate surface area is 129 Å². The van der Waals surface area contributed by atoms with Crippen molar-refractivity contribution in [3.05, 3.63) is 29.7 Å². The summed E-state index contributed by atoms with van der Waals surface area (Å²) in [6.07, 6.45) is 4.21. The molecule has 1 saturated heterocycles. The standard InChI is InChI=1S/C15H21N5O2/c1-10-13(15-17-14(18-22-15)11-3-4-11)20(7-8-21-10)9-12-5-6-16-19(12)2/h5-6,10-11,13H,3-4,7-9H2,1-2H3/t10-,13+/m1/s1. The maximum Gasteiger partial charge on any atom is 0.246 e. The van der Waals surface area contributed by atoms with Gasteiger partial charge in [0, 0.05) is 32.3 Å². The molecule has 4 rings (SSSR count). The highest BCUT2D eigenvalue weighted by Crippen LogP contribution is 2.39. The quantitative estimate of drug-likeness (QED) is 0.855. The van der Waals surface area contributed by atoms with Crippen molar-refractivity contribution in [1.29, 1.82) is 0 Å². The molecule has 2 fully saturated rings. The second kappa shape index (κ2) is 5.48. The van der Waals surface area contributed by atoms with Crippen molar-refractivity contribution >= 4 is 0 Å². The molecule has 2 aromatic heterocycles. The Kier molecular flexibility index (Phi) is 3.46. The van der Waals surface area contributed by atoms with Gasteiger partial charge in [0.1, 0.15) is 6.04 Å². The highest BCUT2D eigenvalue weighted by molar-refractivity contribution is 5.08. The fourth-order valence-corrected chi connectivity index (χ4v) is 3.06. The predicted molar refractivity (Wildman–Crippen MR) is 78.0 cm³/mol. The van der Waals surface area contributed by atoms with Crippen molar-refractivity contribution in [3.63, 3.8) is 0 Å². The maximum atomic E-state index is 5.82. The second-order valence-corrected chi connectivity index (χ2v) is 6.20. The summed E-state index contributed by atoms with van der Waals surface area (Å²) in [7, 11) is 1.96.